The summed E-state index contributed by atoms with van der Waals surface area (Å²) in [7, 11) is 9.63. The molecular formula is CCl6Pd. The summed E-state index contributed by atoms with van der Waals surface area (Å²) in [6.07, 6.45) is 0. The predicted molar refractivity (Wildman–Crippen MR) is 37.8 cm³/mol. The molecular weight excluding hydrogens is 331 g/mol. The number of alkyl halides is 4. The second kappa shape index (κ2) is 7.51. The Kier molecular flexibility index (Phi) is 12.2. The van der Waals surface area contributed by atoms with Gasteiger partial charge in [-0.05, 0) is 0 Å². The minimum absolute atomic E-state index is 0.106. The Hall–Kier alpha value is 2.40. The third kappa shape index (κ3) is 79.8. The van der Waals surface area contributed by atoms with E-state index >= 15 is 0 Å². The van der Waals surface area contributed by atoms with E-state index in [2.05, 4.69) is 0 Å². The summed E-state index contributed by atoms with van der Waals surface area (Å²) >= 11 is 19.2. The van der Waals surface area contributed by atoms with Crippen LogP contribution in [0.25, 0.3) is 0 Å². The normalized spacial score (nSPS) is 10.2. The first-order chi connectivity index (χ1) is 3.41. The van der Waals surface area contributed by atoms with Gasteiger partial charge in [0.1, 0.15) is 0 Å². The summed E-state index contributed by atoms with van der Waals surface area (Å²) in [5, 5.41) is 0. The third-order valence-electron chi connectivity index (χ3n) is 0. The fourth-order valence-corrected chi connectivity index (χ4v) is 0. The van der Waals surface area contributed by atoms with E-state index in [0.29, 0.717) is 0 Å². The molecule has 0 radical (unpaired) electrons. The maximum absolute atomic E-state index is 4.83. The van der Waals surface area contributed by atoms with Crippen LogP contribution in [0, 0.1) is 0 Å². The van der Waals surface area contributed by atoms with Gasteiger partial charge in [-0.15, -0.1) is 0 Å². The van der Waals surface area contributed by atoms with Crippen molar-refractivity contribution in [1.82, 2.24) is 0 Å². The van der Waals surface area contributed by atoms with Gasteiger partial charge in [0.15, 0.2) is 0 Å². The summed E-state index contributed by atoms with van der Waals surface area (Å²) in [5.74, 6) is 0. The van der Waals surface area contributed by atoms with Crippen molar-refractivity contribution >= 4 is 65.5 Å². The fourth-order valence-electron chi connectivity index (χ4n) is 0. The molecule has 0 N–H and O–H groups in total. The molecule has 0 saturated heterocycles. The van der Waals surface area contributed by atoms with Gasteiger partial charge >= 0.3 is 35.0 Å². The minimum atomic E-state index is -1.61. The van der Waals surface area contributed by atoms with E-state index < -0.39 is 3.25 Å². The quantitative estimate of drug-likeness (QED) is 0.466. The summed E-state index contributed by atoms with van der Waals surface area (Å²) in [6.45, 7) is 0. The Labute approximate surface area is 83.8 Å². The number of hydrogen-bond acceptors (Lipinski definition) is 0. The van der Waals surface area contributed by atoms with Gasteiger partial charge in [0.2, 0.25) is 0 Å². The van der Waals surface area contributed by atoms with E-state index in [4.69, 9.17) is 65.5 Å². The topological polar surface area (TPSA) is 0 Å². The standard InChI is InChI=1S/CCl4.2ClH.Pd/c2-1(3,4)5;;;/h;2*1H;/q;;;+2/p-2. The SMILES string of the molecule is ClC(Cl)(Cl)Cl.[Cl][Pd][Cl]. The van der Waals surface area contributed by atoms with E-state index in [0.717, 1.165) is 0 Å². The van der Waals surface area contributed by atoms with E-state index in [1.54, 1.807) is 0 Å². The van der Waals surface area contributed by atoms with Crippen molar-refractivity contribution < 1.29 is 15.9 Å². The van der Waals surface area contributed by atoms with Gasteiger partial charge in [0.05, 0.1) is 0 Å². The van der Waals surface area contributed by atoms with Gasteiger partial charge in [-0.3, -0.25) is 0 Å². The van der Waals surface area contributed by atoms with Crippen LogP contribution in [0.5, 0.6) is 0 Å². The molecule has 0 bridgehead atoms. The summed E-state index contributed by atoms with van der Waals surface area (Å²) in [4.78, 5) is 0. The fraction of sp³-hybridized carbons (Fsp3) is 1.00. The maximum atomic E-state index is 4.83. The first kappa shape index (κ1) is 13.0. The molecule has 0 aliphatic carbocycles. The summed E-state index contributed by atoms with van der Waals surface area (Å²) in [5.41, 5.74) is 0. The van der Waals surface area contributed by atoms with Crippen LogP contribution in [-0.4, -0.2) is 3.25 Å². The van der Waals surface area contributed by atoms with Crippen LogP contribution in [0.2, 0.25) is 0 Å². The number of halogens is 6. The molecule has 0 heterocycles. The van der Waals surface area contributed by atoms with Crippen molar-refractivity contribution in [3.05, 3.63) is 0 Å². The van der Waals surface area contributed by atoms with E-state index in [1.807, 2.05) is 0 Å². The molecule has 0 nitrogen and oxygen atoms in total. The Bertz CT molecular complexity index is 32.3. The van der Waals surface area contributed by atoms with Crippen molar-refractivity contribution in [1.29, 1.82) is 0 Å². The number of hydrogen-bond donors (Lipinski definition) is 0. The molecule has 0 aromatic heterocycles. The van der Waals surface area contributed by atoms with Gasteiger partial charge in [0, 0.05) is 0 Å². The van der Waals surface area contributed by atoms with Crippen molar-refractivity contribution in [3.8, 4) is 0 Å². The van der Waals surface area contributed by atoms with Crippen molar-refractivity contribution in [3.63, 3.8) is 0 Å². The Morgan fingerprint density at radius 3 is 0.875 bits per heavy atom. The zero-order valence-electron chi connectivity index (χ0n) is 3.08. The molecule has 0 aromatic rings. The van der Waals surface area contributed by atoms with Crippen LogP contribution in [0.1, 0.15) is 0 Å². The van der Waals surface area contributed by atoms with Crippen LogP contribution in [0.15, 0.2) is 0 Å². The van der Waals surface area contributed by atoms with Crippen LogP contribution in [0.4, 0.5) is 0 Å². The second-order valence-corrected chi connectivity index (χ2v) is 6.26. The molecule has 0 atom stereocenters. The molecule has 0 fully saturated rings. The van der Waals surface area contributed by atoms with Crippen molar-refractivity contribution in [2.24, 2.45) is 0 Å². The molecule has 0 saturated carbocycles. The van der Waals surface area contributed by atoms with Crippen LogP contribution < -0.4 is 0 Å². The zero-order chi connectivity index (χ0) is 7.21. The Morgan fingerprint density at radius 1 is 0.875 bits per heavy atom. The van der Waals surface area contributed by atoms with Crippen LogP contribution in [0.3, 0.4) is 0 Å². The Morgan fingerprint density at radius 2 is 0.875 bits per heavy atom. The molecule has 8 heavy (non-hydrogen) atoms. The molecule has 0 aromatic carbocycles. The Balaban J connectivity index is 0. The molecule has 0 amide bonds. The van der Waals surface area contributed by atoms with Gasteiger partial charge in [-0.2, -0.15) is 0 Å². The van der Waals surface area contributed by atoms with Crippen LogP contribution >= 0.6 is 65.5 Å². The van der Waals surface area contributed by atoms with E-state index in [9.17, 15) is 0 Å². The molecule has 0 aliphatic heterocycles. The first-order valence-corrected chi connectivity index (χ1v) is 6.51. The molecule has 0 aliphatic rings. The van der Waals surface area contributed by atoms with Crippen molar-refractivity contribution in [2.45, 2.75) is 3.25 Å². The van der Waals surface area contributed by atoms with Gasteiger partial charge in [0.25, 0.3) is 3.25 Å². The molecule has 56 valence electrons. The molecule has 0 unspecified atom stereocenters. The average Bonchev–Trinajstić information content (AvgIpc) is 1.27. The predicted octanol–water partition coefficient (Wildman–Crippen LogP) is 3.93. The van der Waals surface area contributed by atoms with Crippen LogP contribution in [-0.2, 0) is 15.9 Å². The van der Waals surface area contributed by atoms with E-state index in [1.165, 1.54) is 0 Å². The zero-order valence-corrected chi connectivity index (χ0v) is 9.17. The monoisotopic (exact) mass is 328 g/mol. The first-order valence-electron chi connectivity index (χ1n) is 0.995. The van der Waals surface area contributed by atoms with E-state index in [-0.39, 0.29) is 15.9 Å². The molecule has 7 heteroatoms. The summed E-state index contributed by atoms with van der Waals surface area (Å²) in [6, 6.07) is 0. The van der Waals surface area contributed by atoms with Gasteiger partial charge in [-0.25, -0.2) is 0 Å². The van der Waals surface area contributed by atoms with Crippen molar-refractivity contribution in [2.75, 3.05) is 0 Å². The molecule has 0 spiro atoms. The molecule has 0 rings (SSSR count). The number of rotatable bonds is 0. The van der Waals surface area contributed by atoms with Gasteiger partial charge < -0.3 is 0 Å². The summed E-state index contributed by atoms with van der Waals surface area (Å²) < 4.78 is -1.61. The van der Waals surface area contributed by atoms with Gasteiger partial charge in [-0.1, -0.05) is 46.4 Å². The second-order valence-electron chi connectivity index (χ2n) is 0.474. The average molecular weight is 331 g/mol. The third-order valence-corrected chi connectivity index (χ3v) is 0.